The first-order valence-corrected chi connectivity index (χ1v) is 7.32. The van der Waals surface area contributed by atoms with Crippen LogP contribution in [0.1, 0.15) is 24.8 Å². The highest BCUT2D eigenvalue weighted by molar-refractivity contribution is 7.98. The Morgan fingerprint density at radius 3 is 2.79 bits per heavy atom. The molecule has 0 atom stereocenters. The Kier molecular flexibility index (Phi) is 4.34. The SMILES string of the molecule is COc1ccc(CSCC2(CC(=O)O)CC2)c(F)c1. The number of thioether (sulfide) groups is 1. The maximum absolute atomic E-state index is 13.7. The molecule has 1 fully saturated rings. The van der Waals surface area contributed by atoms with Crippen LogP contribution in [-0.2, 0) is 10.5 Å². The van der Waals surface area contributed by atoms with Crippen molar-refractivity contribution in [1.29, 1.82) is 0 Å². The number of ether oxygens (including phenoxy) is 1. The summed E-state index contributed by atoms with van der Waals surface area (Å²) in [6, 6.07) is 4.83. The third-order valence-corrected chi connectivity index (χ3v) is 4.74. The molecular formula is C14H17FO3S. The molecule has 0 unspecified atom stereocenters. The van der Waals surface area contributed by atoms with Crippen molar-refractivity contribution in [3.63, 3.8) is 0 Å². The zero-order valence-corrected chi connectivity index (χ0v) is 11.6. The molecule has 104 valence electrons. The Labute approximate surface area is 116 Å². The normalized spacial score (nSPS) is 16.1. The van der Waals surface area contributed by atoms with Crippen LogP contribution in [0.3, 0.4) is 0 Å². The first-order valence-electron chi connectivity index (χ1n) is 6.17. The Morgan fingerprint density at radius 2 is 2.26 bits per heavy atom. The van der Waals surface area contributed by atoms with Crippen molar-refractivity contribution >= 4 is 17.7 Å². The number of halogens is 1. The number of benzene rings is 1. The number of methoxy groups -OCH3 is 1. The van der Waals surface area contributed by atoms with E-state index in [2.05, 4.69) is 0 Å². The average molecular weight is 284 g/mol. The molecule has 1 saturated carbocycles. The summed E-state index contributed by atoms with van der Waals surface area (Å²) < 4.78 is 18.6. The number of aliphatic carboxylic acids is 1. The van der Waals surface area contributed by atoms with E-state index in [1.165, 1.54) is 13.2 Å². The Balaban J connectivity index is 1.84. The van der Waals surface area contributed by atoms with Gasteiger partial charge in [-0.15, -0.1) is 0 Å². The number of hydrogen-bond donors (Lipinski definition) is 1. The van der Waals surface area contributed by atoms with Crippen LogP contribution in [0.2, 0.25) is 0 Å². The van der Waals surface area contributed by atoms with E-state index in [1.54, 1.807) is 23.9 Å². The van der Waals surface area contributed by atoms with Gasteiger partial charge in [0.1, 0.15) is 11.6 Å². The molecule has 1 aliphatic carbocycles. The minimum Gasteiger partial charge on any atom is -0.497 e. The lowest BCUT2D eigenvalue weighted by Gasteiger charge is -2.12. The zero-order chi connectivity index (χ0) is 13.9. The van der Waals surface area contributed by atoms with Gasteiger partial charge in [-0.2, -0.15) is 11.8 Å². The molecule has 0 amide bonds. The number of carboxylic acids is 1. The maximum atomic E-state index is 13.7. The fourth-order valence-electron chi connectivity index (χ4n) is 2.02. The van der Waals surface area contributed by atoms with Gasteiger partial charge in [-0.3, -0.25) is 4.79 Å². The van der Waals surface area contributed by atoms with Gasteiger partial charge in [0, 0.05) is 11.8 Å². The van der Waals surface area contributed by atoms with E-state index >= 15 is 0 Å². The van der Waals surface area contributed by atoms with E-state index in [4.69, 9.17) is 9.84 Å². The fraction of sp³-hybridized carbons (Fsp3) is 0.500. The van der Waals surface area contributed by atoms with Crippen molar-refractivity contribution in [2.75, 3.05) is 12.9 Å². The summed E-state index contributed by atoms with van der Waals surface area (Å²) in [4.78, 5) is 10.7. The van der Waals surface area contributed by atoms with E-state index in [9.17, 15) is 9.18 Å². The minimum absolute atomic E-state index is 0.0422. The third-order valence-electron chi connectivity index (χ3n) is 3.41. The summed E-state index contributed by atoms with van der Waals surface area (Å²) >= 11 is 1.60. The Morgan fingerprint density at radius 1 is 1.53 bits per heavy atom. The molecule has 1 aromatic rings. The molecule has 1 aromatic carbocycles. The smallest absolute Gasteiger partial charge is 0.303 e. The molecule has 0 aromatic heterocycles. The molecule has 0 aliphatic heterocycles. The molecule has 0 heterocycles. The maximum Gasteiger partial charge on any atom is 0.303 e. The first-order chi connectivity index (χ1) is 9.04. The monoisotopic (exact) mass is 284 g/mol. The Hall–Kier alpha value is -1.23. The van der Waals surface area contributed by atoms with Crippen molar-refractivity contribution in [2.24, 2.45) is 5.41 Å². The van der Waals surface area contributed by atoms with Crippen LogP contribution in [0.4, 0.5) is 4.39 Å². The van der Waals surface area contributed by atoms with E-state index in [-0.39, 0.29) is 17.7 Å². The summed E-state index contributed by atoms with van der Waals surface area (Å²) in [6.45, 7) is 0. The van der Waals surface area contributed by atoms with Crippen molar-refractivity contribution in [1.82, 2.24) is 0 Å². The molecule has 0 saturated heterocycles. The third kappa shape index (κ3) is 3.86. The molecule has 5 heteroatoms. The zero-order valence-electron chi connectivity index (χ0n) is 10.8. The summed E-state index contributed by atoms with van der Waals surface area (Å²) in [5, 5.41) is 8.82. The van der Waals surface area contributed by atoms with Crippen LogP contribution in [-0.4, -0.2) is 23.9 Å². The molecule has 0 spiro atoms. The van der Waals surface area contributed by atoms with Crippen molar-refractivity contribution in [2.45, 2.75) is 25.0 Å². The second-order valence-corrected chi connectivity index (χ2v) is 6.01. The minimum atomic E-state index is -0.742. The molecule has 2 rings (SSSR count). The van der Waals surface area contributed by atoms with Crippen molar-refractivity contribution in [3.05, 3.63) is 29.6 Å². The molecule has 1 N–H and O–H groups in total. The fourth-order valence-corrected chi connectivity index (χ4v) is 3.40. The van der Waals surface area contributed by atoms with Gasteiger partial charge >= 0.3 is 5.97 Å². The topological polar surface area (TPSA) is 46.5 Å². The average Bonchev–Trinajstić information content (AvgIpc) is 3.10. The molecular weight excluding hydrogens is 267 g/mol. The van der Waals surface area contributed by atoms with Crippen molar-refractivity contribution in [3.8, 4) is 5.75 Å². The van der Waals surface area contributed by atoms with E-state index in [1.807, 2.05) is 0 Å². The lowest BCUT2D eigenvalue weighted by molar-refractivity contribution is -0.138. The summed E-state index contributed by atoms with van der Waals surface area (Å²) in [5.41, 5.74) is 0.594. The molecule has 0 bridgehead atoms. The van der Waals surface area contributed by atoms with Gasteiger partial charge in [-0.05, 0) is 35.6 Å². The van der Waals surface area contributed by atoms with Gasteiger partial charge in [-0.1, -0.05) is 6.07 Å². The second kappa shape index (κ2) is 5.82. The van der Waals surface area contributed by atoms with Gasteiger partial charge in [0.2, 0.25) is 0 Å². The Bertz CT molecular complexity index is 472. The number of rotatable bonds is 7. The lowest BCUT2D eigenvalue weighted by Crippen LogP contribution is -2.11. The van der Waals surface area contributed by atoms with Gasteiger partial charge < -0.3 is 9.84 Å². The molecule has 1 aliphatic rings. The molecule has 19 heavy (non-hydrogen) atoms. The second-order valence-electron chi connectivity index (χ2n) is 5.02. The molecule has 0 radical (unpaired) electrons. The van der Waals surface area contributed by atoms with E-state index in [0.717, 1.165) is 18.6 Å². The highest BCUT2D eigenvalue weighted by Crippen LogP contribution is 2.51. The molecule has 3 nitrogen and oxygen atoms in total. The van der Waals surface area contributed by atoms with Crippen LogP contribution in [0.5, 0.6) is 5.75 Å². The number of hydrogen-bond acceptors (Lipinski definition) is 3. The highest BCUT2D eigenvalue weighted by Gasteiger charge is 2.44. The van der Waals surface area contributed by atoms with Crippen molar-refractivity contribution < 1.29 is 19.0 Å². The van der Waals surface area contributed by atoms with Crippen LogP contribution in [0, 0.1) is 11.2 Å². The highest BCUT2D eigenvalue weighted by atomic mass is 32.2. The summed E-state index contributed by atoms with van der Waals surface area (Å²) in [6.07, 6.45) is 2.17. The summed E-state index contributed by atoms with van der Waals surface area (Å²) in [7, 11) is 1.51. The van der Waals surface area contributed by atoms with E-state index in [0.29, 0.717) is 17.1 Å². The van der Waals surface area contributed by atoms with Gasteiger partial charge in [-0.25, -0.2) is 4.39 Å². The number of carboxylic acid groups (broad SMARTS) is 1. The van der Waals surface area contributed by atoms with Crippen LogP contribution in [0.25, 0.3) is 0 Å². The van der Waals surface area contributed by atoms with Gasteiger partial charge in [0.15, 0.2) is 0 Å². The van der Waals surface area contributed by atoms with Gasteiger partial charge in [0.05, 0.1) is 13.5 Å². The quantitative estimate of drug-likeness (QED) is 0.834. The summed E-state index contributed by atoms with van der Waals surface area (Å²) in [5.74, 6) is 0.849. The largest absolute Gasteiger partial charge is 0.497 e. The van der Waals surface area contributed by atoms with Crippen LogP contribution < -0.4 is 4.74 Å². The predicted molar refractivity (Wildman–Crippen MR) is 73.0 cm³/mol. The first kappa shape index (κ1) is 14.2. The number of carbonyl (C=O) groups is 1. The van der Waals surface area contributed by atoms with Crippen LogP contribution in [0.15, 0.2) is 18.2 Å². The van der Waals surface area contributed by atoms with Gasteiger partial charge in [0.25, 0.3) is 0 Å². The van der Waals surface area contributed by atoms with E-state index < -0.39 is 5.97 Å². The predicted octanol–water partition coefficient (Wildman–Crippen LogP) is 3.32. The lowest BCUT2D eigenvalue weighted by atomic mass is 10.1. The standard InChI is InChI=1S/C14H17FO3S/c1-18-11-3-2-10(12(15)6-11)8-19-9-14(4-5-14)7-13(16)17/h2-3,6H,4-5,7-9H2,1H3,(H,16,17). The van der Waals surface area contributed by atoms with Crippen LogP contribution >= 0.6 is 11.8 Å².